The summed E-state index contributed by atoms with van der Waals surface area (Å²) in [6.07, 6.45) is 10.4. The average Bonchev–Trinajstić information content (AvgIpc) is 3.32. The van der Waals surface area contributed by atoms with E-state index in [-0.39, 0.29) is 0 Å². The fourth-order valence-corrected chi connectivity index (χ4v) is 3.33. The lowest BCUT2D eigenvalue weighted by Crippen LogP contribution is -2.07. The third-order valence-corrected chi connectivity index (χ3v) is 4.48. The summed E-state index contributed by atoms with van der Waals surface area (Å²) in [5.41, 5.74) is 5.66. The second-order valence-electron chi connectivity index (χ2n) is 6.44. The number of benzene rings is 1. The molecule has 130 valence electrons. The van der Waals surface area contributed by atoms with E-state index in [1.54, 1.807) is 6.20 Å². The molecular weight excluding hydrogens is 322 g/mol. The van der Waals surface area contributed by atoms with Crippen LogP contribution in [0.25, 0.3) is 17.1 Å². The summed E-state index contributed by atoms with van der Waals surface area (Å²) in [5.74, 6) is 0.962. The molecule has 0 spiro atoms. The lowest BCUT2D eigenvalue weighted by atomic mass is 10.0. The highest BCUT2D eigenvalue weighted by molar-refractivity contribution is 5.72. The van der Waals surface area contributed by atoms with Crippen LogP contribution in [0.15, 0.2) is 67.4 Å². The van der Waals surface area contributed by atoms with Crippen molar-refractivity contribution < 1.29 is 0 Å². The number of nitrogens with zero attached hydrogens (tertiary/aromatic N) is 5. The molecule has 0 saturated carbocycles. The molecule has 4 rings (SSSR count). The van der Waals surface area contributed by atoms with Crippen molar-refractivity contribution in [2.24, 2.45) is 0 Å². The first-order valence-electron chi connectivity index (χ1n) is 8.75. The Hall–Kier alpha value is -3.21. The van der Waals surface area contributed by atoms with E-state index in [2.05, 4.69) is 51.7 Å². The third-order valence-electron chi connectivity index (χ3n) is 4.48. The molecule has 26 heavy (non-hydrogen) atoms. The first kappa shape index (κ1) is 16.3. The van der Waals surface area contributed by atoms with E-state index in [0.717, 1.165) is 35.7 Å². The molecule has 0 aliphatic carbocycles. The first-order valence-corrected chi connectivity index (χ1v) is 8.75. The van der Waals surface area contributed by atoms with Gasteiger partial charge >= 0.3 is 0 Å². The van der Waals surface area contributed by atoms with Gasteiger partial charge in [0.2, 0.25) is 0 Å². The quantitative estimate of drug-likeness (QED) is 0.550. The molecule has 0 unspecified atom stereocenters. The van der Waals surface area contributed by atoms with Crippen LogP contribution in [0.2, 0.25) is 0 Å². The smallest absolute Gasteiger partial charge is 0.142 e. The zero-order valence-corrected chi connectivity index (χ0v) is 15.0. The SMILES string of the molecule is Cc1cc(C)c(-c2nccn2CCc2ccccn2)c(-n2cccn2)c1. The van der Waals surface area contributed by atoms with Crippen molar-refractivity contribution in [2.75, 3.05) is 0 Å². The molecule has 5 heteroatoms. The maximum absolute atomic E-state index is 4.66. The molecule has 3 heterocycles. The standard InChI is InChI=1S/C21H21N5/c1-16-14-17(2)20(19(15-16)26-11-5-9-24-26)21-23-10-13-25(21)12-7-18-6-3-4-8-22-18/h3-6,8-11,13-15H,7,12H2,1-2H3. The minimum absolute atomic E-state index is 0.832. The van der Waals surface area contributed by atoms with Crippen LogP contribution in [-0.2, 0) is 13.0 Å². The van der Waals surface area contributed by atoms with Crippen LogP contribution in [-0.4, -0.2) is 24.3 Å². The number of aromatic nitrogens is 5. The molecule has 0 saturated heterocycles. The fourth-order valence-electron chi connectivity index (χ4n) is 3.33. The maximum Gasteiger partial charge on any atom is 0.142 e. The molecule has 0 aliphatic rings. The van der Waals surface area contributed by atoms with Gasteiger partial charge in [-0.05, 0) is 49.2 Å². The van der Waals surface area contributed by atoms with E-state index >= 15 is 0 Å². The van der Waals surface area contributed by atoms with E-state index in [1.807, 2.05) is 47.7 Å². The Morgan fingerprint density at radius 3 is 2.62 bits per heavy atom. The average molecular weight is 343 g/mol. The van der Waals surface area contributed by atoms with Crippen LogP contribution in [0.1, 0.15) is 16.8 Å². The number of hydrogen-bond donors (Lipinski definition) is 0. The van der Waals surface area contributed by atoms with Crippen molar-refractivity contribution in [2.45, 2.75) is 26.8 Å². The molecule has 3 aromatic heterocycles. The van der Waals surface area contributed by atoms with Crippen molar-refractivity contribution >= 4 is 0 Å². The highest BCUT2D eigenvalue weighted by Crippen LogP contribution is 2.30. The van der Waals surface area contributed by atoms with E-state index in [0.29, 0.717) is 0 Å². The largest absolute Gasteiger partial charge is 0.331 e. The van der Waals surface area contributed by atoms with Crippen LogP contribution in [0, 0.1) is 13.8 Å². The normalized spacial score (nSPS) is 11.0. The van der Waals surface area contributed by atoms with Gasteiger partial charge in [0, 0.05) is 55.2 Å². The highest BCUT2D eigenvalue weighted by Gasteiger charge is 2.16. The van der Waals surface area contributed by atoms with E-state index in [4.69, 9.17) is 0 Å². The lowest BCUT2D eigenvalue weighted by molar-refractivity contribution is 0.691. The monoisotopic (exact) mass is 343 g/mol. The highest BCUT2D eigenvalue weighted by atomic mass is 15.3. The van der Waals surface area contributed by atoms with Gasteiger partial charge in [0.1, 0.15) is 5.82 Å². The number of imidazole rings is 1. The summed E-state index contributed by atoms with van der Waals surface area (Å²) in [4.78, 5) is 9.08. The Morgan fingerprint density at radius 1 is 0.923 bits per heavy atom. The van der Waals surface area contributed by atoms with Crippen LogP contribution in [0.3, 0.4) is 0 Å². The van der Waals surface area contributed by atoms with Crippen molar-refractivity contribution in [3.8, 4) is 17.1 Å². The Balaban J connectivity index is 1.74. The Labute approximate surface area is 153 Å². The van der Waals surface area contributed by atoms with Gasteiger partial charge in [-0.25, -0.2) is 9.67 Å². The first-order chi connectivity index (χ1) is 12.7. The lowest BCUT2D eigenvalue weighted by Gasteiger charge is -2.15. The minimum atomic E-state index is 0.832. The number of pyridine rings is 1. The molecule has 0 radical (unpaired) electrons. The van der Waals surface area contributed by atoms with Crippen LogP contribution >= 0.6 is 0 Å². The van der Waals surface area contributed by atoms with Crippen molar-refractivity contribution in [1.82, 2.24) is 24.3 Å². The van der Waals surface area contributed by atoms with Gasteiger partial charge in [0.05, 0.1) is 5.69 Å². The molecule has 0 fully saturated rings. The zero-order chi connectivity index (χ0) is 17.9. The summed E-state index contributed by atoms with van der Waals surface area (Å²) in [6, 6.07) is 12.3. The van der Waals surface area contributed by atoms with E-state index in [1.165, 1.54) is 11.1 Å². The molecule has 5 nitrogen and oxygen atoms in total. The van der Waals surface area contributed by atoms with Crippen molar-refractivity contribution in [1.29, 1.82) is 0 Å². The van der Waals surface area contributed by atoms with Crippen LogP contribution < -0.4 is 0 Å². The summed E-state index contributed by atoms with van der Waals surface area (Å²) < 4.78 is 4.10. The van der Waals surface area contributed by atoms with Crippen molar-refractivity contribution in [3.05, 3.63) is 84.2 Å². The van der Waals surface area contributed by atoms with Crippen LogP contribution in [0.4, 0.5) is 0 Å². The third kappa shape index (κ3) is 3.16. The predicted molar refractivity (Wildman–Crippen MR) is 102 cm³/mol. The molecule has 0 amide bonds. The van der Waals surface area contributed by atoms with Gasteiger partial charge in [0.25, 0.3) is 0 Å². The topological polar surface area (TPSA) is 48.5 Å². The molecule has 0 bridgehead atoms. The minimum Gasteiger partial charge on any atom is -0.331 e. The molecule has 0 N–H and O–H groups in total. The van der Waals surface area contributed by atoms with Gasteiger partial charge in [-0.3, -0.25) is 4.98 Å². The van der Waals surface area contributed by atoms with Gasteiger partial charge in [0.15, 0.2) is 0 Å². The Morgan fingerprint density at radius 2 is 1.85 bits per heavy atom. The molecule has 0 atom stereocenters. The second-order valence-corrected chi connectivity index (χ2v) is 6.44. The maximum atomic E-state index is 4.66. The van der Waals surface area contributed by atoms with Gasteiger partial charge in [-0.1, -0.05) is 12.1 Å². The summed E-state index contributed by atoms with van der Waals surface area (Å²) >= 11 is 0. The Bertz CT molecular complexity index is 1000. The Kier molecular flexibility index (Phi) is 4.35. The summed E-state index contributed by atoms with van der Waals surface area (Å²) in [6.45, 7) is 5.07. The zero-order valence-electron chi connectivity index (χ0n) is 15.0. The number of hydrogen-bond acceptors (Lipinski definition) is 3. The number of aryl methyl sites for hydroxylation is 4. The van der Waals surface area contributed by atoms with Gasteiger partial charge < -0.3 is 4.57 Å². The molecule has 1 aromatic carbocycles. The number of rotatable bonds is 5. The van der Waals surface area contributed by atoms with Crippen LogP contribution in [0.5, 0.6) is 0 Å². The second kappa shape index (κ2) is 6.96. The predicted octanol–water partition coefficient (Wildman–Crippen LogP) is 3.99. The molecule has 0 aliphatic heterocycles. The van der Waals surface area contributed by atoms with Gasteiger partial charge in [-0.15, -0.1) is 0 Å². The van der Waals surface area contributed by atoms with E-state index in [9.17, 15) is 0 Å². The summed E-state index contributed by atoms with van der Waals surface area (Å²) in [5, 5.41) is 4.43. The fraction of sp³-hybridized carbons (Fsp3) is 0.190. The van der Waals surface area contributed by atoms with Gasteiger partial charge in [-0.2, -0.15) is 5.10 Å². The van der Waals surface area contributed by atoms with E-state index < -0.39 is 0 Å². The van der Waals surface area contributed by atoms with Crippen molar-refractivity contribution in [3.63, 3.8) is 0 Å². The summed E-state index contributed by atoms with van der Waals surface area (Å²) in [7, 11) is 0. The molecule has 4 aromatic rings. The molecular formula is C21H21N5.